The van der Waals surface area contributed by atoms with E-state index in [1.165, 1.54) is 7.11 Å². The first kappa shape index (κ1) is 12.4. The number of benzene rings is 1. The molecular weight excluding hydrogens is 206 g/mol. The summed E-state index contributed by atoms with van der Waals surface area (Å²) in [7, 11) is 2.91. The second-order valence-corrected chi connectivity index (χ2v) is 3.83. The average molecular weight is 223 g/mol. The van der Waals surface area contributed by atoms with Gasteiger partial charge in [-0.2, -0.15) is 0 Å². The molecule has 2 N–H and O–H groups in total. The Morgan fingerprint density at radius 2 is 1.94 bits per heavy atom. The van der Waals surface area contributed by atoms with Gasteiger partial charge >= 0.3 is 5.97 Å². The zero-order valence-corrected chi connectivity index (χ0v) is 10.0. The Morgan fingerprint density at radius 3 is 2.38 bits per heavy atom. The van der Waals surface area contributed by atoms with Crippen LogP contribution in [-0.2, 0) is 4.74 Å². The van der Waals surface area contributed by atoms with E-state index in [0.717, 1.165) is 5.56 Å². The highest BCUT2D eigenvalue weighted by atomic mass is 16.5. The zero-order chi connectivity index (χ0) is 12.3. The van der Waals surface area contributed by atoms with Crippen LogP contribution >= 0.6 is 0 Å². The van der Waals surface area contributed by atoms with E-state index in [4.69, 9.17) is 10.5 Å². The molecule has 0 aromatic heterocycles. The molecule has 0 unspecified atom stereocenters. The van der Waals surface area contributed by atoms with E-state index in [1.807, 2.05) is 13.8 Å². The van der Waals surface area contributed by atoms with Gasteiger partial charge in [0.25, 0.3) is 0 Å². The number of ether oxygens (including phenoxy) is 2. The van der Waals surface area contributed by atoms with E-state index < -0.39 is 5.97 Å². The summed E-state index contributed by atoms with van der Waals surface area (Å²) in [6, 6.07) is 3.32. The fourth-order valence-electron chi connectivity index (χ4n) is 1.57. The monoisotopic (exact) mass is 223 g/mol. The summed E-state index contributed by atoms with van der Waals surface area (Å²) in [5.74, 6) is 0.459. The number of nitrogen functional groups attached to an aromatic ring is 1. The lowest BCUT2D eigenvalue weighted by molar-refractivity contribution is 0.0600. The Hall–Kier alpha value is -1.71. The van der Waals surface area contributed by atoms with Crippen LogP contribution in [0, 0.1) is 0 Å². The Kier molecular flexibility index (Phi) is 3.77. The Bertz CT molecular complexity index is 399. The lowest BCUT2D eigenvalue weighted by Gasteiger charge is -2.15. The van der Waals surface area contributed by atoms with Crippen LogP contribution in [0.3, 0.4) is 0 Å². The van der Waals surface area contributed by atoms with Gasteiger partial charge < -0.3 is 15.2 Å². The number of carbonyl (C=O) groups is 1. The predicted molar refractivity (Wildman–Crippen MR) is 62.8 cm³/mol. The van der Waals surface area contributed by atoms with E-state index >= 15 is 0 Å². The first-order valence-electron chi connectivity index (χ1n) is 5.07. The van der Waals surface area contributed by atoms with E-state index in [-0.39, 0.29) is 5.92 Å². The molecule has 1 aromatic rings. The molecule has 0 aliphatic heterocycles. The van der Waals surface area contributed by atoms with Crippen molar-refractivity contribution in [3.05, 3.63) is 23.3 Å². The molecule has 1 rings (SSSR count). The third kappa shape index (κ3) is 2.27. The van der Waals surface area contributed by atoms with Crippen molar-refractivity contribution in [2.45, 2.75) is 19.8 Å². The summed E-state index contributed by atoms with van der Waals surface area (Å²) < 4.78 is 9.89. The van der Waals surface area contributed by atoms with Crippen molar-refractivity contribution >= 4 is 11.7 Å². The van der Waals surface area contributed by atoms with Gasteiger partial charge in [-0.1, -0.05) is 13.8 Å². The molecule has 0 aliphatic rings. The van der Waals surface area contributed by atoms with Crippen LogP contribution in [0.1, 0.15) is 35.7 Å². The number of anilines is 1. The second kappa shape index (κ2) is 4.88. The van der Waals surface area contributed by atoms with Gasteiger partial charge in [0.15, 0.2) is 0 Å². The number of esters is 1. The normalized spacial score (nSPS) is 10.3. The maximum Gasteiger partial charge on any atom is 0.337 e. The van der Waals surface area contributed by atoms with Crippen LogP contribution in [0.15, 0.2) is 12.1 Å². The van der Waals surface area contributed by atoms with Crippen molar-refractivity contribution in [3.63, 3.8) is 0 Å². The third-order valence-corrected chi connectivity index (χ3v) is 2.39. The molecule has 0 bridgehead atoms. The molecule has 88 valence electrons. The standard InChI is InChI=1S/C12H17NO3/c1-7(2)9-5-8(12(14)16-4)6-10(13)11(9)15-3/h5-7H,13H2,1-4H3. The first-order valence-corrected chi connectivity index (χ1v) is 5.07. The van der Waals surface area contributed by atoms with Crippen LogP contribution < -0.4 is 10.5 Å². The maximum absolute atomic E-state index is 11.4. The number of rotatable bonds is 3. The Balaban J connectivity index is 3.33. The molecule has 1 aromatic carbocycles. The molecule has 4 heteroatoms. The average Bonchev–Trinajstić information content (AvgIpc) is 2.26. The second-order valence-electron chi connectivity index (χ2n) is 3.83. The first-order chi connectivity index (χ1) is 7.51. The minimum atomic E-state index is -0.392. The summed E-state index contributed by atoms with van der Waals surface area (Å²) in [4.78, 5) is 11.4. The molecule has 0 saturated carbocycles. The molecule has 4 nitrogen and oxygen atoms in total. The maximum atomic E-state index is 11.4. The highest BCUT2D eigenvalue weighted by Crippen LogP contribution is 2.33. The third-order valence-electron chi connectivity index (χ3n) is 2.39. The minimum Gasteiger partial charge on any atom is -0.494 e. The van der Waals surface area contributed by atoms with Crippen LogP contribution in [-0.4, -0.2) is 20.2 Å². The Morgan fingerprint density at radius 1 is 1.31 bits per heavy atom. The van der Waals surface area contributed by atoms with E-state index in [0.29, 0.717) is 17.0 Å². The summed E-state index contributed by atoms with van der Waals surface area (Å²) in [6.07, 6.45) is 0. The summed E-state index contributed by atoms with van der Waals surface area (Å²) in [5.41, 5.74) is 7.64. The van der Waals surface area contributed by atoms with Gasteiger partial charge in [0, 0.05) is 0 Å². The van der Waals surface area contributed by atoms with Crippen molar-refractivity contribution in [1.82, 2.24) is 0 Å². The topological polar surface area (TPSA) is 61.5 Å². The molecule has 0 heterocycles. The van der Waals surface area contributed by atoms with Gasteiger partial charge in [0.05, 0.1) is 25.5 Å². The molecule has 0 atom stereocenters. The zero-order valence-electron chi connectivity index (χ0n) is 10.0. The van der Waals surface area contributed by atoms with Gasteiger partial charge in [-0.25, -0.2) is 4.79 Å². The largest absolute Gasteiger partial charge is 0.494 e. The molecule has 0 fully saturated rings. The van der Waals surface area contributed by atoms with Crippen molar-refractivity contribution in [3.8, 4) is 5.75 Å². The van der Waals surface area contributed by atoms with Crippen LogP contribution in [0.5, 0.6) is 5.75 Å². The van der Waals surface area contributed by atoms with Gasteiger partial charge in [-0.05, 0) is 23.6 Å². The summed E-state index contributed by atoms with van der Waals surface area (Å²) in [6.45, 7) is 4.02. The number of hydrogen-bond donors (Lipinski definition) is 1. The van der Waals surface area contributed by atoms with Crippen molar-refractivity contribution < 1.29 is 14.3 Å². The number of hydrogen-bond acceptors (Lipinski definition) is 4. The highest BCUT2D eigenvalue weighted by Gasteiger charge is 2.16. The molecule has 0 radical (unpaired) electrons. The van der Waals surface area contributed by atoms with Crippen LogP contribution in [0.4, 0.5) is 5.69 Å². The molecular formula is C12H17NO3. The number of carbonyl (C=O) groups excluding carboxylic acids is 1. The number of nitrogens with two attached hydrogens (primary N) is 1. The smallest absolute Gasteiger partial charge is 0.337 e. The molecule has 16 heavy (non-hydrogen) atoms. The molecule has 0 amide bonds. The van der Waals surface area contributed by atoms with Crippen molar-refractivity contribution in [2.75, 3.05) is 20.0 Å². The quantitative estimate of drug-likeness (QED) is 0.630. The van der Waals surface area contributed by atoms with Gasteiger partial charge in [-0.3, -0.25) is 0 Å². The highest BCUT2D eigenvalue weighted by molar-refractivity contribution is 5.91. The van der Waals surface area contributed by atoms with E-state index in [9.17, 15) is 4.79 Å². The van der Waals surface area contributed by atoms with Crippen molar-refractivity contribution in [2.24, 2.45) is 0 Å². The van der Waals surface area contributed by atoms with Crippen molar-refractivity contribution in [1.29, 1.82) is 0 Å². The Labute approximate surface area is 95.3 Å². The van der Waals surface area contributed by atoms with Crippen LogP contribution in [0.2, 0.25) is 0 Å². The van der Waals surface area contributed by atoms with E-state index in [2.05, 4.69) is 4.74 Å². The predicted octanol–water partition coefficient (Wildman–Crippen LogP) is 2.19. The lowest BCUT2D eigenvalue weighted by atomic mass is 9.98. The number of methoxy groups -OCH3 is 2. The molecule has 0 aliphatic carbocycles. The lowest BCUT2D eigenvalue weighted by Crippen LogP contribution is -2.06. The summed E-state index contributed by atoms with van der Waals surface area (Å²) in [5, 5.41) is 0. The molecule has 0 saturated heterocycles. The van der Waals surface area contributed by atoms with Gasteiger partial charge in [0.2, 0.25) is 0 Å². The minimum absolute atomic E-state index is 0.224. The SMILES string of the molecule is COC(=O)c1cc(N)c(OC)c(C(C)C)c1. The fraction of sp³-hybridized carbons (Fsp3) is 0.417. The molecule has 0 spiro atoms. The van der Waals surface area contributed by atoms with Gasteiger partial charge in [-0.15, -0.1) is 0 Å². The fourth-order valence-corrected chi connectivity index (χ4v) is 1.57. The summed E-state index contributed by atoms with van der Waals surface area (Å²) >= 11 is 0. The van der Waals surface area contributed by atoms with Crippen LogP contribution in [0.25, 0.3) is 0 Å². The van der Waals surface area contributed by atoms with E-state index in [1.54, 1.807) is 19.2 Å². The van der Waals surface area contributed by atoms with Gasteiger partial charge in [0.1, 0.15) is 5.75 Å².